The highest BCUT2D eigenvalue weighted by molar-refractivity contribution is 6.31. The summed E-state index contributed by atoms with van der Waals surface area (Å²) in [4.78, 5) is 0. The summed E-state index contributed by atoms with van der Waals surface area (Å²) in [5.41, 5.74) is 0.912. The van der Waals surface area contributed by atoms with Crippen LogP contribution in [0.25, 0.3) is 0 Å². The fraction of sp³-hybridized carbons (Fsp3) is 0.143. The van der Waals surface area contributed by atoms with Crippen molar-refractivity contribution in [3.05, 3.63) is 57.8 Å². The molecule has 2 aromatic rings. The molecule has 0 saturated carbocycles. The summed E-state index contributed by atoms with van der Waals surface area (Å²) in [7, 11) is 1.83. The molecule has 0 fully saturated rings. The summed E-state index contributed by atoms with van der Waals surface area (Å²) in [5.74, 6) is 0.660. The summed E-state index contributed by atoms with van der Waals surface area (Å²) in [5, 5.41) is 3.70. The van der Waals surface area contributed by atoms with Crippen molar-refractivity contribution < 1.29 is 9.13 Å². The molecule has 0 spiro atoms. The Morgan fingerprint density at radius 2 is 1.95 bits per heavy atom. The Morgan fingerprint density at radius 3 is 2.63 bits per heavy atom. The van der Waals surface area contributed by atoms with Crippen LogP contribution >= 0.6 is 23.2 Å². The summed E-state index contributed by atoms with van der Waals surface area (Å²) < 4.78 is 18.8. The SMILES string of the molecule is CNCc1cc(Cl)ccc1Oc1ccc(F)c(Cl)c1. The summed E-state index contributed by atoms with van der Waals surface area (Å²) in [6, 6.07) is 9.56. The van der Waals surface area contributed by atoms with Crippen LogP contribution in [-0.2, 0) is 6.54 Å². The number of hydrogen-bond donors (Lipinski definition) is 1. The second kappa shape index (κ2) is 6.24. The van der Waals surface area contributed by atoms with Gasteiger partial charge in [-0.05, 0) is 37.4 Å². The number of halogens is 3. The van der Waals surface area contributed by atoms with Crippen molar-refractivity contribution in [2.45, 2.75) is 6.54 Å². The van der Waals surface area contributed by atoms with Gasteiger partial charge in [-0.2, -0.15) is 0 Å². The Bertz CT molecular complexity index is 590. The lowest BCUT2D eigenvalue weighted by atomic mass is 10.2. The molecule has 2 rings (SSSR count). The lowest BCUT2D eigenvalue weighted by molar-refractivity contribution is 0.472. The molecular formula is C14H12Cl2FNO. The molecule has 0 atom stereocenters. The Hall–Kier alpha value is -1.29. The van der Waals surface area contributed by atoms with Gasteiger partial charge in [-0.15, -0.1) is 0 Å². The molecule has 0 radical (unpaired) electrons. The molecule has 0 aromatic heterocycles. The third kappa shape index (κ3) is 3.60. The van der Waals surface area contributed by atoms with E-state index in [4.69, 9.17) is 27.9 Å². The third-order valence-electron chi connectivity index (χ3n) is 2.51. The zero-order valence-electron chi connectivity index (χ0n) is 10.2. The number of hydrogen-bond acceptors (Lipinski definition) is 2. The van der Waals surface area contributed by atoms with Crippen LogP contribution in [0.15, 0.2) is 36.4 Å². The largest absolute Gasteiger partial charge is 0.457 e. The first-order valence-electron chi connectivity index (χ1n) is 5.66. The topological polar surface area (TPSA) is 21.3 Å². The van der Waals surface area contributed by atoms with E-state index in [1.165, 1.54) is 18.2 Å². The van der Waals surface area contributed by atoms with Gasteiger partial charge in [0.05, 0.1) is 5.02 Å². The fourth-order valence-electron chi connectivity index (χ4n) is 1.64. The lowest BCUT2D eigenvalue weighted by Gasteiger charge is -2.11. The number of rotatable bonds is 4. The van der Waals surface area contributed by atoms with Gasteiger partial charge in [-0.1, -0.05) is 23.2 Å². The van der Waals surface area contributed by atoms with Crippen molar-refractivity contribution in [3.63, 3.8) is 0 Å². The smallest absolute Gasteiger partial charge is 0.142 e. The van der Waals surface area contributed by atoms with E-state index >= 15 is 0 Å². The van der Waals surface area contributed by atoms with Gasteiger partial charge < -0.3 is 10.1 Å². The van der Waals surface area contributed by atoms with Crippen molar-refractivity contribution in [2.24, 2.45) is 0 Å². The van der Waals surface area contributed by atoms with Gasteiger partial charge in [-0.25, -0.2) is 4.39 Å². The Balaban J connectivity index is 2.29. The average Bonchev–Trinajstić information content (AvgIpc) is 2.37. The van der Waals surface area contributed by atoms with Crippen LogP contribution in [0, 0.1) is 5.82 Å². The first-order valence-corrected chi connectivity index (χ1v) is 6.41. The van der Waals surface area contributed by atoms with Crippen LogP contribution in [0.3, 0.4) is 0 Å². The van der Waals surface area contributed by atoms with E-state index in [1.807, 2.05) is 13.1 Å². The Morgan fingerprint density at radius 1 is 1.16 bits per heavy atom. The number of ether oxygens (including phenoxy) is 1. The predicted molar refractivity (Wildman–Crippen MR) is 75.7 cm³/mol. The van der Waals surface area contributed by atoms with Gasteiger partial charge in [0.15, 0.2) is 0 Å². The van der Waals surface area contributed by atoms with Crippen LogP contribution in [-0.4, -0.2) is 7.05 Å². The predicted octanol–water partition coefficient (Wildman–Crippen LogP) is 4.64. The second-order valence-electron chi connectivity index (χ2n) is 3.96. The van der Waals surface area contributed by atoms with Gasteiger partial charge in [0.1, 0.15) is 17.3 Å². The van der Waals surface area contributed by atoms with Crippen LogP contribution in [0.2, 0.25) is 10.0 Å². The molecule has 0 saturated heterocycles. The van der Waals surface area contributed by atoms with Crippen molar-refractivity contribution in [2.75, 3.05) is 7.05 Å². The zero-order valence-corrected chi connectivity index (χ0v) is 11.7. The normalized spacial score (nSPS) is 10.5. The van der Waals surface area contributed by atoms with Crippen molar-refractivity contribution in [1.29, 1.82) is 0 Å². The lowest BCUT2D eigenvalue weighted by Crippen LogP contribution is -2.06. The molecular weight excluding hydrogens is 288 g/mol. The van der Waals surface area contributed by atoms with Crippen LogP contribution in [0.4, 0.5) is 4.39 Å². The molecule has 0 unspecified atom stereocenters. The van der Waals surface area contributed by atoms with Crippen molar-refractivity contribution in [3.8, 4) is 11.5 Å². The summed E-state index contributed by atoms with van der Waals surface area (Å²) in [6.45, 7) is 0.616. The molecule has 1 N–H and O–H groups in total. The molecule has 0 bridgehead atoms. The first kappa shape index (κ1) is 14.1. The standard InChI is InChI=1S/C14H12Cl2FNO/c1-18-8-9-6-10(15)2-5-14(9)19-11-3-4-13(17)12(16)7-11/h2-7,18H,8H2,1H3. The first-order chi connectivity index (χ1) is 9.10. The molecule has 0 aliphatic carbocycles. The zero-order chi connectivity index (χ0) is 13.8. The Labute approximate surface area is 121 Å². The Kier molecular flexibility index (Phi) is 4.64. The highest BCUT2D eigenvalue weighted by Crippen LogP contribution is 2.30. The van der Waals surface area contributed by atoms with Gasteiger partial charge in [0.2, 0.25) is 0 Å². The summed E-state index contributed by atoms with van der Waals surface area (Å²) in [6.07, 6.45) is 0. The molecule has 0 amide bonds. The van der Waals surface area contributed by atoms with Crippen LogP contribution < -0.4 is 10.1 Å². The third-order valence-corrected chi connectivity index (χ3v) is 3.03. The van der Waals surface area contributed by atoms with E-state index in [1.54, 1.807) is 12.1 Å². The maximum absolute atomic E-state index is 13.1. The van der Waals surface area contributed by atoms with E-state index in [0.29, 0.717) is 23.1 Å². The van der Waals surface area contributed by atoms with E-state index in [2.05, 4.69) is 5.32 Å². The molecule has 19 heavy (non-hydrogen) atoms. The van der Waals surface area contributed by atoms with Gasteiger partial charge in [0.25, 0.3) is 0 Å². The molecule has 0 aliphatic rings. The molecule has 5 heteroatoms. The minimum atomic E-state index is -0.472. The van der Waals surface area contributed by atoms with Gasteiger partial charge in [-0.3, -0.25) is 0 Å². The number of benzene rings is 2. The maximum Gasteiger partial charge on any atom is 0.142 e. The average molecular weight is 300 g/mol. The fourth-order valence-corrected chi connectivity index (χ4v) is 2.01. The van der Waals surface area contributed by atoms with Crippen molar-refractivity contribution in [1.82, 2.24) is 5.32 Å². The maximum atomic E-state index is 13.1. The second-order valence-corrected chi connectivity index (χ2v) is 4.80. The van der Waals surface area contributed by atoms with Crippen LogP contribution in [0.5, 0.6) is 11.5 Å². The van der Waals surface area contributed by atoms with Gasteiger partial charge >= 0.3 is 0 Å². The van der Waals surface area contributed by atoms with E-state index in [9.17, 15) is 4.39 Å². The number of nitrogens with one attached hydrogen (secondary N) is 1. The molecule has 100 valence electrons. The monoisotopic (exact) mass is 299 g/mol. The highest BCUT2D eigenvalue weighted by Gasteiger charge is 2.07. The summed E-state index contributed by atoms with van der Waals surface area (Å²) >= 11 is 11.7. The quantitative estimate of drug-likeness (QED) is 0.888. The van der Waals surface area contributed by atoms with E-state index in [0.717, 1.165) is 5.56 Å². The van der Waals surface area contributed by atoms with Crippen molar-refractivity contribution >= 4 is 23.2 Å². The minimum Gasteiger partial charge on any atom is -0.457 e. The minimum absolute atomic E-state index is 0.0293. The van der Waals surface area contributed by atoms with Gasteiger partial charge in [0, 0.05) is 23.2 Å². The van der Waals surface area contributed by atoms with E-state index in [-0.39, 0.29) is 5.02 Å². The molecule has 0 aliphatic heterocycles. The molecule has 2 nitrogen and oxygen atoms in total. The molecule has 2 aromatic carbocycles. The van der Waals surface area contributed by atoms with E-state index < -0.39 is 5.82 Å². The molecule has 0 heterocycles. The van der Waals surface area contributed by atoms with Crippen LogP contribution in [0.1, 0.15) is 5.56 Å². The highest BCUT2D eigenvalue weighted by atomic mass is 35.5.